The number of nitrogens with one attached hydrogen (secondary N) is 1. The topological polar surface area (TPSA) is 17.0 Å². The molecule has 0 aliphatic carbocycles. The number of nitrogens with zero attached hydrogens (tertiary/aromatic N) is 1. The number of halogens is 2. The first-order valence-corrected chi connectivity index (χ1v) is 8.70. The first kappa shape index (κ1) is 17.0. The van der Waals surface area contributed by atoms with Gasteiger partial charge in [0.2, 0.25) is 0 Å². The van der Waals surface area contributed by atoms with Crippen LogP contribution < -0.4 is 5.32 Å². The lowest BCUT2D eigenvalue weighted by Gasteiger charge is -2.10. The highest BCUT2D eigenvalue weighted by atomic mass is 35.5. The molecule has 0 fully saturated rings. The first-order valence-electron chi connectivity index (χ1n) is 8.32. The summed E-state index contributed by atoms with van der Waals surface area (Å²) in [5, 5.41) is 5.25. The Kier molecular flexibility index (Phi) is 5.22. The van der Waals surface area contributed by atoms with Crippen LogP contribution in [0.4, 0.5) is 4.39 Å². The van der Waals surface area contributed by atoms with Crippen LogP contribution in [-0.4, -0.2) is 10.6 Å². The Morgan fingerprint density at radius 2 is 1.96 bits per heavy atom. The Balaban J connectivity index is 1.93. The van der Waals surface area contributed by atoms with Crippen molar-refractivity contribution in [2.75, 3.05) is 0 Å². The van der Waals surface area contributed by atoms with Gasteiger partial charge in [0, 0.05) is 41.3 Å². The van der Waals surface area contributed by atoms with Gasteiger partial charge >= 0.3 is 0 Å². The predicted molar refractivity (Wildman–Crippen MR) is 99.0 cm³/mol. The smallest absolute Gasteiger partial charge is 0.124 e. The fourth-order valence-electron chi connectivity index (χ4n) is 2.86. The molecule has 0 radical (unpaired) electrons. The van der Waals surface area contributed by atoms with E-state index in [1.807, 2.05) is 6.07 Å². The molecule has 2 aromatic carbocycles. The average Bonchev–Trinajstić information content (AvgIpc) is 2.93. The Labute approximate surface area is 147 Å². The van der Waals surface area contributed by atoms with Crippen LogP contribution in [0.25, 0.3) is 10.9 Å². The van der Waals surface area contributed by atoms with Gasteiger partial charge in [0.15, 0.2) is 0 Å². The van der Waals surface area contributed by atoms with E-state index < -0.39 is 0 Å². The van der Waals surface area contributed by atoms with E-state index in [1.165, 1.54) is 28.6 Å². The van der Waals surface area contributed by atoms with Gasteiger partial charge in [-0.15, -0.1) is 0 Å². The van der Waals surface area contributed by atoms with Crippen molar-refractivity contribution in [2.24, 2.45) is 0 Å². The molecule has 1 aromatic heterocycles. The summed E-state index contributed by atoms with van der Waals surface area (Å²) in [5.41, 5.74) is 3.35. The highest BCUT2D eigenvalue weighted by Crippen LogP contribution is 2.25. The van der Waals surface area contributed by atoms with Crippen molar-refractivity contribution in [3.8, 4) is 0 Å². The Morgan fingerprint density at radius 3 is 2.71 bits per heavy atom. The van der Waals surface area contributed by atoms with Crippen LogP contribution in [-0.2, 0) is 13.1 Å². The van der Waals surface area contributed by atoms with Crippen molar-refractivity contribution < 1.29 is 4.39 Å². The molecule has 126 valence electrons. The molecule has 0 spiro atoms. The zero-order valence-corrected chi connectivity index (χ0v) is 14.8. The predicted octanol–water partition coefficient (Wildman–Crippen LogP) is 5.37. The molecule has 4 heteroatoms. The Hall–Kier alpha value is -1.84. The summed E-state index contributed by atoms with van der Waals surface area (Å²) in [6, 6.07) is 13.4. The van der Waals surface area contributed by atoms with Crippen LogP contribution in [0.3, 0.4) is 0 Å². The monoisotopic (exact) mass is 344 g/mol. The highest BCUT2D eigenvalue weighted by molar-refractivity contribution is 6.31. The number of hydrogen-bond acceptors (Lipinski definition) is 1. The normalized spacial score (nSPS) is 12.7. The van der Waals surface area contributed by atoms with Gasteiger partial charge in [-0.2, -0.15) is 0 Å². The second-order valence-electron chi connectivity index (χ2n) is 6.23. The summed E-state index contributed by atoms with van der Waals surface area (Å²) in [6.45, 7) is 5.83. The van der Waals surface area contributed by atoms with Crippen LogP contribution in [0.5, 0.6) is 0 Å². The lowest BCUT2D eigenvalue weighted by atomic mass is 10.1. The molecule has 3 rings (SSSR count). The van der Waals surface area contributed by atoms with Crippen molar-refractivity contribution in [1.82, 2.24) is 9.88 Å². The van der Waals surface area contributed by atoms with Crippen LogP contribution in [0.1, 0.15) is 31.4 Å². The lowest BCUT2D eigenvalue weighted by molar-refractivity contribution is 0.535. The summed E-state index contributed by atoms with van der Waals surface area (Å²) in [4.78, 5) is 0. The van der Waals surface area contributed by atoms with Gasteiger partial charge in [-0.3, -0.25) is 0 Å². The molecular formula is C20H22ClFN2. The standard InChI is InChI=1S/C20H22ClFN2/c1-3-14(2)23-11-16-13-24(20-7-5-4-6-18(16)20)12-15-8-9-17(22)10-19(15)21/h4-10,13-14,23H,3,11-12H2,1-2H3/t14-/m1/s1. The van der Waals surface area contributed by atoms with E-state index in [9.17, 15) is 4.39 Å². The van der Waals surface area contributed by atoms with Crippen LogP contribution in [0.2, 0.25) is 5.02 Å². The van der Waals surface area contributed by atoms with E-state index in [1.54, 1.807) is 6.07 Å². The second kappa shape index (κ2) is 7.37. The zero-order chi connectivity index (χ0) is 17.1. The van der Waals surface area contributed by atoms with Crippen LogP contribution in [0, 0.1) is 5.82 Å². The fraction of sp³-hybridized carbons (Fsp3) is 0.300. The van der Waals surface area contributed by atoms with E-state index in [-0.39, 0.29) is 5.82 Å². The molecule has 0 unspecified atom stereocenters. The number of benzene rings is 2. The molecule has 0 aliphatic heterocycles. The Morgan fingerprint density at radius 1 is 1.17 bits per heavy atom. The van der Waals surface area contributed by atoms with Crippen LogP contribution in [0.15, 0.2) is 48.7 Å². The SMILES string of the molecule is CC[C@@H](C)NCc1cn(Cc2ccc(F)cc2Cl)c2ccccc12. The van der Waals surface area contributed by atoms with Gasteiger partial charge < -0.3 is 9.88 Å². The van der Waals surface area contributed by atoms with Gasteiger partial charge in [-0.25, -0.2) is 4.39 Å². The second-order valence-corrected chi connectivity index (χ2v) is 6.63. The van der Waals surface area contributed by atoms with Gasteiger partial charge in [-0.05, 0) is 42.7 Å². The summed E-state index contributed by atoms with van der Waals surface area (Å²) in [7, 11) is 0. The molecule has 0 bridgehead atoms. The van der Waals surface area contributed by atoms with E-state index >= 15 is 0 Å². The molecule has 1 N–H and O–H groups in total. The molecular weight excluding hydrogens is 323 g/mol. The lowest BCUT2D eigenvalue weighted by Crippen LogP contribution is -2.24. The van der Waals surface area contributed by atoms with Crippen molar-refractivity contribution in [3.63, 3.8) is 0 Å². The maximum Gasteiger partial charge on any atom is 0.124 e. The third-order valence-corrected chi connectivity index (χ3v) is 4.83. The van der Waals surface area contributed by atoms with Gasteiger partial charge in [0.05, 0.1) is 0 Å². The van der Waals surface area contributed by atoms with Crippen molar-refractivity contribution in [1.29, 1.82) is 0 Å². The maximum absolute atomic E-state index is 13.3. The molecule has 0 amide bonds. The third kappa shape index (κ3) is 3.63. The number of rotatable bonds is 6. The number of para-hydroxylation sites is 1. The molecule has 1 atom stereocenters. The van der Waals surface area contributed by atoms with Crippen molar-refractivity contribution >= 4 is 22.5 Å². The minimum absolute atomic E-state index is 0.306. The molecule has 3 aromatic rings. The van der Waals surface area contributed by atoms with E-state index in [4.69, 9.17) is 11.6 Å². The summed E-state index contributed by atoms with van der Waals surface area (Å²) in [6.07, 6.45) is 3.27. The van der Waals surface area contributed by atoms with E-state index in [2.05, 4.69) is 48.1 Å². The molecule has 0 saturated carbocycles. The third-order valence-electron chi connectivity index (χ3n) is 4.48. The molecule has 1 heterocycles. The van der Waals surface area contributed by atoms with Crippen molar-refractivity contribution in [3.05, 3.63) is 70.6 Å². The minimum atomic E-state index is -0.306. The van der Waals surface area contributed by atoms with E-state index in [0.717, 1.165) is 18.5 Å². The van der Waals surface area contributed by atoms with Crippen molar-refractivity contribution in [2.45, 2.75) is 39.4 Å². The molecule has 24 heavy (non-hydrogen) atoms. The largest absolute Gasteiger partial charge is 0.343 e. The minimum Gasteiger partial charge on any atom is -0.343 e. The average molecular weight is 345 g/mol. The highest BCUT2D eigenvalue weighted by Gasteiger charge is 2.11. The number of hydrogen-bond donors (Lipinski definition) is 1. The molecule has 0 aliphatic rings. The molecule has 0 saturated heterocycles. The van der Waals surface area contributed by atoms with Gasteiger partial charge in [-0.1, -0.05) is 42.8 Å². The fourth-order valence-corrected chi connectivity index (χ4v) is 3.08. The van der Waals surface area contributed by atoms with E-state index in [0.29, 0.717) is 17.6 Å². The molecule has 2 nitrogen and oxygen atoms in total. The number of fused-ring (bicyclic) bond motifs is 1. The van der Waals surface area contributed by atoms with Crippen LogP contribution >= 0.6 is 11.6 Å². The van der Waals surface area contributed by atoms with Gasteiger partial charge in [0.1, 0.15) is 5.82 Å². The Bertz CT molecular complexity index is 841. The zero-order valence-electron chi connectivity index (χ0n) is 14.0. The number of aromatic nitrogens is 1. The summed E-state index contributed by atoms with van der Waals surface area (Å²) < 4.78 is 15.4. The first-order chi connectivity index (χ1) is 11.6. The quantitative estimate of drug-likeness (QED) is 0.636. The maximum atomic E-state index is 13.3. The van der Waals surface area contributed by atoms with Gasteiger partial charge in [0.25, 0.3) is 0 Å². The summed E-state index contributed by atoms with van der Waals surface area (Å²) >= 11 is 6.19. The summed E-state index contributed by atoms with van der Waals surface area (Å²) in [5.74, 6) is -0.306.